The van der Waals surface area contributed by atoms with Crippen molar-refractivity contribution in [2.24, 2.45) is 5.92 Å². The first-order valence-electron chi connectivity index (χ1n) is 10.4. The van der Waals surface area contributed by atoms with E-state index in [1.807, 2.05) is 29.5 Å². The molecule has 1 saturated heterocycles. The van der Waals surface area contributed by atoms with E-state index in [-0.39, 0.29) is 17.9 Å². The fourth-order valence-electron chi connectivity index (χ4n) is 3.45. The Labute approximate surface area is 175 Å². The number of hydrogen-bond acceptors (Lipinski definition) is 5. The molecule has 9 heteroatoms. The quantitative estimate of drug-likeness (QED) is 0.486. The van der Waals surface area contributed by atoms with Gasteiger partial charge < -0.3 is 24.3 Å². The highest BCUT2D eigenvalue weighted by Gasteiger charge is 2.37. The van der Waals surface area contributed by atoms with Gasteiger partial charge in [0, 0.05) is 33.6 Å². The van der Waals surface area contributed by atoms with Crippen molar-refractivity contribution in [3.05, 3.63) is 18.2 Å². The zero-order chi connectivity index (χ0) is 21.6. The Bertz CT molecular complexity index is 686. The van der Waals surface area contributed by atoms with Crippen LogP contribution < -0.4 is 5.32 Å². The maximum Gasteiger partial charge on any atom is 0.407 e. The number of aromatic nitrogens is 2. The second-order valence-corrected chi connectivity index (χ2v) is 14.8. The van der Waals surface area contributed by atoms with Gasteiger partial charge >= 0.3 is 6.09 Å². The lowest BCUT2D eigenvalue weighted by Crippen LogP contribution is -2.51. The summed E-state index contributed by atoms with van der Waals surface area (Å²) in [7, 11) is 0.168. The first kappa shape index (κ1) is 23.4. The Hall–Kier alpha value is -1.87. The van der Waals surface area contributed by atoms with Crippen LogP contribution in [-0.2, 0) is 21.0 Å². The van der Waals surface area contributed by atoms with Crippen LogP contribution in [0, 0.1) is 5.92 Å². The second-order valence-electron chi connectivity index (χ2n) is 9.15. The van der Waals surface area contributed by atoms with Gasteiger partial charge in [-0.25, -0.2) is 9.78 Å². The summed E-state index contributed by atoms with van der Waals surface area (Å²) in [5.41, 5.74) is 0. The van der Waals surface area contributed by atoms with Gasteiger partial charge in [0.2, 0.25) is 5.91 Å². The van der Waals surface area contributed by atoms with Crippen LogP contribution in [0.15, 0.2) is 12.4 Å². The van der Waals surface area contributed by atoms with Crippen LogP contribution in [0.4, 0.5) is 4.79 Å². The van der Waals surface area contributed by atoms with Crippen molar-refractivity contribution in [2.75, 3.05) is 20.3 Å². The van der Waals surface area contributed by atoms with Gasteiger partial charge in [-0.3, -0.25) is 4.79 Å². The molecule has 0 aromatic carbocycles. The third-order valence-corrected chi connectivity index (χ3v) is 6.90. The Kier molecular flexibility index (Phi) is 8.27. The molecule has 2 heterocycles. The van der Waals surface area contributed by atoms with E-state index in [0.29, 0.717) is 13.3 Å². The third kappa shape index (κ3) is 6.57. The molecule has 2 rings (SSSR count). The lowest BCUT2D eigenvalue weighted by molar-refractivity contribution is -0.135. The van der Waals surface area contributed by atoms with Crippen LogP contribution in [0.1, 0.15) is 38.6 Å². The molecule has 8 nitrogen and oxygen atoms in total. The van der Waals surface area contributed by atoms with Crippen LogP contribution in [0.3, 0.4) is 0 Å². The van der Waals surface area contributed by atoms with E-state index in [4.69, 9.17) is 4.74 Å². The lowest BCUT2D eigenvalue weighted by Gasteiger charge is -2.30. The smallest absolute Gasteiger partial charge is 0.407 e. The average molecular weight is 425 g/mol. The number of ether oxygens (including phenoxy) is 2. The number of likely N-dealkylation sites (tertiary alicyclic amines) is 1. The second kappa shape index (κ2) is 10.2. The molecule has 2 atom stereocenters. The minimum Gasteiger partial charge on any atom is -0.453 e. The summed E-state index contributed by atoms with van der Waals surface area (Å²) in [6.07, 6.45) is 4.82. The molecule has 0 radical (unpaired) electrons. The van der Waals surface area contributed by atoms with E-state index < -0.39 is 20.2 Å². The molecule has 1 aromatic rings. The molecule has 0 saturated carbocycles. The van der Waals surface area contributed by atoms with Crippen molar-refractivity contribution < 1.29 is 19.1 Å². The molecule has 1 aliphatic heterocycles. The Morgan fingerprint density at radius 3 is 2.69 bits per heavy atom. The molecular formula is C20H36N4O4Si. The molecule has 29 heavy (non-hydrogen) atoms. The zero-order valence-corrected chi connectivity index (χ0v) is 19.6. The number of imidazole rings is 1. The maximum atomic E-state index is 13.2. The van der Waals surface area contributed by atoms with Crippen LogP contribution in [0.2, 0.25) is 25.7 Å². The molecule has 1 aliphatic rings. The van der Waals surface area contributed by atoms with Crippen molar-refractivity contribution in [1.82, 2.24) is 19.8 Å². The van der Waals surface area contributed by atoms with E-state index >= 15 is 0 Å². The van der Waals surface area contributed by atoms with Gasteiger partial charge in [-0.15, -0.1) is 0 Å². The summed E-state index contributed by atoms with van der Waals surface area (Å²) < 4.78 is 12.6. The van der Waals surface area contributed by atoms with Gasteiger partial charge in [0.15, 0.2) is 0 Å². The fourth-order valence-corrected chi connectivity index (χ4v) is 4.20. The van der Waals surface area contributed by atoms with Gasteiger partial charge in [0.1, 0.15) is 18.6 Å². The first-order chi connectivity index (χ1) is 13.6. The van der Waals surface area contributed by atoms with Crippen LogP contribution in [0.5, 0.6) is 0 Å². The summed E-state index contributed by atoms with van der Waals surface area (Å²) in [6.45, 7) is 12.6. The van der Waals surface area contributed by atoms with Crippen molar-refractivity contribution in [2.45, 2.75) is 71.2 Å². The molecule has 1 fully saturated rings. The standard InChI is InChI=1S/C20H36N4O4Si/c1-15(2)17(22-20(26)27-3)19(25)24-10-7-8-16(24)18-21-9-11-23(18)14-28-12-13-29(4,5)6/h9,11,15-17H,7-8,10,12-14H2,1-6H3,(H,22,26)/t16-,17-/m0/s1. The molecule has 1 N–H and O–H groups in total. The van der Waals surface area contributed by atoms with Crippen LogP contribution in [0.25, 0.3) is 0 Å². The summed E-state index contributed by atoms with van der Waals surface area (Å²) in [4.78, 5) is 31.3. The van der Waals surface area contributed by atoms with E-state index in [0.717, 1.165) is 31.3 Å². The highest BCUT2D eigenvalue weighted by atomic mass is 28.3. The summed E-state index contributed by atoms with van der Waals surface area (Å²) >= 11 is 0. The number of alkyl carbamates (subject to hydrolysis) is 1. The fraction of sp³-hybridized carbons (Fsp3) is 0.750. The van der Waals surface area contributed by atoms with Gasteiger partial charge in [0.25, 0.3) is 0 Å². The summed E-state index contributed by atoms with van der Waals surface area (Å²) in [6, 6.07) is 0.374. The van der Waals surface area contributed by atoms with E-state index in [9.17, 15) is 9.59 Å². The minimum atomic E-state index is -1.13. The number of carbonyl (C=O) groups is 2. The molecule has 1 aromatic heterocycles. The molecule has 2 amide bonds. The number of rotatable bonds is 9. The third-order valence-electron chi connectivity index (χ3n) is 5.20. The number of nitrogens with one attached hydrogen (secondary N) is 1. The molecule has 164 valence electrons. The van der Waals surface area contributed by atoms with Crippen molar-refractivity contribution in [3.63, 3.8) is 0 Å². The van der Waals surface area contributed by atoms with Crippen molar-refractivity contribution in [1.29, 1.82) is 0 Å². The number of hydrogen-bond donors (Lipinski definition) is 1. The zero-order valence-electron chi connectivity index (χ0n) is 18.6. The van der Waals surface area contributed by atoms with Gasteiger partial charge in [-0.2, -0.15) is 0 Å². The highest BCUT2D eigenvalue weighted by Crippen LogP contribution is 2.32. The predicted molar refractivity (Wildman–Crippen MR) is 114 cm³/mol. The van der Waals surface area contributed by atoms with E-state index in [2.05, 4.69) is 34.7 Å². The van der Waals surface area contributed by atoms with Crippen LogP contribution >= 0.6 is 0 Å². The van der Waals surface area contributed by atoms with Crippen molar-refractivity contribution in [3.8, 4) is 0 Å². The summed E-state index contributed by atoms with van der Waals surface area (Å²) in [5, 5.41) is 2.68. The first-order valence-corrected chi connectivity index (χ1v) is 14.1. The normalized spacial score (nSPS) is 18.2. The Morgan fingerprint density at radius 1 is 1.34 bits per heavy atom. The lowest BCUT2D eigenvalue weighted by atomic mass is 10.0. The van der Waals surface area contributed by atoms with Gasteiger partial charge in [0.05, 0.1) is 13.2 Å². The number of methoxy groups -OCH3 is 1. The molecule has 0 bridgehead atoms. The largest absolute Gasteiger partial charge is 0.453 e. The number of nitrogens with zero attached hydrogens (tertiary/aromatic N) is 3. The molecular weight excluding hydrogens is 388 g/mol. The Balaban J connectivity index is 2.07. The molecule has 0 spiro atoms. The topological polar surface area (TPSA) is 85.7 Å². The van der Waals surface area contributed by atoms with Crippen molar-refractivity contribution >= 4 is 20.1 Å². The Morgan fingerprint density at radius 2 is 2.07 bits per heavy atom. The monoisotopic (exact) mass is 424 g/mol. The molecule has 0 aliphatic carbocycles. The summed E-state index contributed by atoms with van der Waals surface area (Å²) in [5.74, 6) is 0.694. The predicted octanol–water partition coefficient (Wildman–Crippen LogP) is 3.24. The number of amides is 2. The average Bonchev–Trinajstić information content (AvgIpc) is 3.30. The van der Waals surface area contributed by atoms with Gasteiger partial charge in [-0.05, 0) is 24.8 Å². The van der Waals surface area contributed by atoms with E-state index in [1.165, 1.54) is 7.11 Å². The highest BCUT2D eigenvalue weighted by molar-refractivity contribution is 6.76. The SMILES string of the molecule is COC(=O)N[C@H](C(=O)N1CCC[C@H]1c1nccn1COCC[Si](C)(C)C)C(C)C. The van der Waals surface area contributed by atoms with Gasteiger partial charge in [-0.1, -0.05) is 33.5 Å². The maximum absolute atomic E-state index is 13.2. The van der Waals surface area contributed by atoms with Crippen LogP contribution in [-0.4, -0.2) is 60.8 Å². The molecule has 0 unspecified atom stereocenters. The number of carbonyl (C=O) groups excluding carboxylic acids is 2. The van der Waals surface area contributed by atoms with E-state index in [1.54, 1.807) is 6.20 Å². The minimum absolute atomic E-state index is 0.0486.